The maximum absolute atomic E-state index is 11.0. The second-order valence-corrected chi connectivity index (χ2v) is 6.38. The van der Waals surface area contributed by atoms with E-state index in [1.807, 2.05) is 18.2 Å². The van der Waals surface area contributed by atoms with Gasteiger partial charge in [-0.2, -0.15) is 0 Å². The maximum atomic E-state index is 11.0. The van der Waals surface area contributed by atoms with E-state index in [0.29, 0.717) is 22.4 Å². The molecule has 0 atom stereocenters. The zero-order chi connectivity index (χ0) is 17.5. The lowest BCUT2D eigenvalue weighted by molar-refractivity contribution is 0.0995. The fourth-order valence-corrected chi connectivity index (χ4v) is 2.32. The van der Waals surface area contributed by atoms with E-state index in [4.69, 9.17) is 22.1 Å². The van der Waals surface area contributed by atoms with Gasteiger partial charge >= 0.3 is 0 Å². The molecular formula is C18H22ClN3O2. The monoisotopic (exact) mass is 347 g/mol. The predicted octanol–water partition coefficient (Wildman–Crippen LogP) is 3.76. The number of carbonyl (C=O) groups is 1. The van der Waals surface area contributed by atoms with Crippen LogP contribution < -0.4 is 15.8 Å². The quantitative estimate of drug-likeness (QED) is 0.713. The maximum Gasteiger partial charge on any atom is 0.267 e. The Morgan fingerprint density at radius 1 is 1.33 bits per heavy atom. The Bertz CT molecular complexity index is 687. The molecule has 0 bridgehead atoms. The van der Waals surface area contributed by atoms with E-state index < -0.39 is 5.91 Å². The van der Waals surface area contributed by atoms with Crippen LogP contribution in [0.4, 0.5) is 0 Å². The van der Waals surface area contributed by atoms with E-state index in [1.165, 1.54) is 12.3 Å². The Morgan fingerprint density at radius 2 is 2.12 bits per heavy atom. The minimum absolute atomic E-state index is 0.191. The lowest BCUT2D eigenvalue weighted by Gasteiger charge is -2.10. The summed E-state index contributed by atoms with van der Waals surface area (Å²) in [7, 11) is 0. The smallest absolute Gasteiger partial charge is 0.267 e. The first-order chi connectivity index (χ1) is 11.5. The first kappa shape index (κ1) is 18.2. The van der Waals surface area contributed by atoms with Gasteiger partial charge in [-0.25, -0.2) is 4.98 Å². The number of hydrogen-bond donors (Lipinski definition) is 2. The van der Waals surface area contributed by atoms with Gasteiger partial charge < -0.3 is 15.8 Å². The van der Waals surface area contributed by atoms with Crippen molar-refractivity contribution in [2.24, 2.45) is 11.7 Å². The van der Waals surface area contributed by atoms with Gasteiger partial charge in [0, 0.05) is 6.54 Å². The highest BCUT2D eigenvalue weighted by atomic mass is 35.5. The number of hydrogen-bond acceptors (Lipinski definition) is 4. The Kier molecular flexibility index (Phi) is 6.58. The molecule has 2 rings (SSSR count). The van der Waals surface area contributed by atoms with Gasteiger partial charge in [0.1, 0.15) is 17.2 Å². The van der Waals surface area contributed by atoms with Gasteiger partial charge in [0.15, 0.2) is 0 Å². The number of carbonyl (C=O) groups excluding carboxylic acids is 1. The fraction of sp³-hybridized carbons (Fsp3) is 0.333. The second-order valence-electron chi connectivity index (χ2n) is 5.97. The molecule has 128 valence electrons. The molecule has 1 heterocycles. The molecule has 3 N–H and O–H groups in total. The van der Waals surface area contributed by atoms with E-state index in [2.05, 4.69) is 24.1 Å². The highest BCUT2D eigenvalue weighted by Crippen LogP contribution is 2.29. The van der Waals surface area contributed by atoms with Crippen LogP contribution in [0.3, 0.4) is 0 Å². The molecule has 0 aliphatic rings. The van der Waals surface area contributed by atoms with Crippen LogP contribution in [0.5, 0.6) is 11.5 Å². The molecular weight excluding hydrogens is 326 g/mol. The van der Waals surface area contributed by atoms with Gasteiger partial charge in [0.05, 0.1) is 11.2 Å². The number of halogens is 1. The predicted molar refractivity (Wildman–Crippen MR) is 95.4 cm³/mol. The normalized spacial score (nSPS) is 10.8. The van der Waals surface area contributed by atoms with Gasteiger partial charge in [-0.15, -0.1) is 0 Å². The molecule has 0 radical (unpaired) electrons. The van der Waals surface area contributed by atoms with E-state index in [9.17, 15) is 4.79 Å². The molecule has 0 saturated carbocycles. The van der Waals surface area contributed by atoms with E-state index in [0.717, 1.165) is 25.1 Å². The number of benzene rings is 1. The topological polar surface area (TPSA) is 77.2 Å². The van der Waals surface area contributed by atoms with Crippen LogP contribution in [-0.2, 0) is 6.54 Å². The zero-order valence-electron chi connectivity index (χ0n) is 13.9. The molecule has 0 aliphatic heterocycles. The summed E-state index contributed by atoms with van der Waals surface area (Å²) in [6.45, 7) is 6.15. The molecule has 1 aromatic carbocycles. The molecule has 0 aliphatic carbocycles. The Labute approximate surface area is 147 Å². The van der Waals surface area contributed by atoms with E-state index >= 15 is 0 Å². The molecule has 1 amide bonds. The van der Waals surface area contributed by atoms with Crippen LogP contribution in [0.15, 0.2) is 36.5 Å². The van der Waals surface area contributed by atoms with Crippen molar-refractivity contribution in [1.29, 1.82) is 0 Å². The first-order valence-electron chi connectivity index (χ1n) is 7.88. The Hall–Kier alpha value is -2.11. The van der Waals surface area contributed by atoms with E-state index in [1.54, 1.807) is 6.07 Å². The van der Waals surface area contributed by atoms with Gasteiger partial charge in [0.2, 0.25) is 0 Å². The van der Waals surface area contributed by atoms with Crippen LogP contribution >= 0.6 is 11.6 Å². The first-order valence-corrected chi connectivity index (χ1v) is 8.26. The van der Waals surface area contributed by atoms with Crippen LogP contribution in [0.25, 0.3) is 0 Å². The fourth-order valence-electron chi connectivity index (χ4n) is 2.07. The van der Waals surface area contributed by atoms with Crippen molar-refractivity contribution in [3.8, 4) is 11.5 Å². The summed E-state index contributed by atoms with van der Waals surface area (Å²) in [5.41, 5.74) is 6.44. The number of ether oxygens (including phenoxy) is 1. The summed E-state index contributed by atoms with van der Waals surface area (Å²) in [4.78, 5) is 14.9. The lowest BCUT2D eigenvalue weighted by Crippen LogP contribution is -2.16. The average Bonchev–Trinajstić information content (AvgIpc) is 2.54. The lowest BCUT2D eigenvalue weighted by atomic mass is 10.1. The molecule has 2 aromatic rings. The van der Waals surface area contributed by atoms with Gasteiger partial charge in [-0.3, -0.25) is 4.79 Å². The van der Waals surface area contributed by atoms with Crippen LogP contribution in [0, 0.1) is 5.92 Å². The second kappa shape index (κ2) is 8.66. The molecule has 5 nitrogen and oxygen atoms in total. The number of nitrogens with zero attached hydrogens (tertiary/aromatic N) is 1. The Balaban J connectivity index is 1.95. The van der Waals surface area contributed by atoms with Crippen LogP contribution in [0.2, 0.25) is 5.02 Å². The number of primary amides is 1. The summed E-state index contributed by atoms with van der Waals surface area (Å²) >= 11 is 6.28. The minimum atomic E-state index is -0.575. The van der Waals surface area contributed by atoms with Crippen molar-refractivity contribution in [2.75, 3.05) is 6.54 Å². The average molecular weight is 348 g/mol. The van der Waals surface area contributed by atoms with Crippen molar-refractivity contribution in [2.45, 2.75) is 26.8 Å². The highest BCUT2D eigenvalue weighted by molar-refractivity contribution is 6.32. The summed E-state index contributed by atoms with van der Waals surface area (Å²) in [6, 6.07) is 8.81. The minimum Gasteiger partial charge on any atom is -0.454 e. The number of rotatable bonds is 8. The Morgan fingerprint density at radius 3 is 2.71 bits per heavy atom. The summed E-state index contributed by atoms with van der Waals surface area (Å²) in [5.74, 6) is 1.14. The molecule has 24 heavy (non-hydrogen) atoms. The van der Waals surface area contributed by atoms with Crippen molar-refractivity contribution >= 4 is 17.5 Å². The summed E-state index contributed by atoms with van der Waals surface area (Å²) < 4.78 is 5.69. The largest absolute Gasteiger partial charge is 0.454 e. The number of aromatic nitrogens is 1. The third-order valence-corrected chi connectivity index (χ3v) is 3.74. The molecule has 0 fully saturated rings. The van der Waals surface area contributed by atoms with Crippen LogP contribution in [-0.4, -0.2) is 17.4 Å². The number of pyridine rings is 1. The zero-order valence-corrected chi connectivity index (χ0v) is 14.6. The summed E-state index contributed by atoms with van der Waals surface area (Å²) in [5, 5.41) is 3.92. The highest BCUT2D eigenvalue weighted by Gasteiger charge is 2.07. The van der Waals surface area contributed by atoms with E-state index in [-0.39, 0.29) is 5.69 Å². The standard InChI is InChI=1S/C18H22ClN3O2/c1-12(2)7-8-21-10-13-3-6-17(15(19)9-13)24-14-4-5-16(18(20)23)22-11-14/h3-6,9,11-12,21H,7-8,10H2,1-2H3,(H2,20,23). The number of amides is 1. The third kappa shape index (κ3) is 5.51. The molecule has 0 saturated heterocycles. The molecule has 6 heteroatoms. The molecule has 0 spiro atoms. The molecule has 1 aromatic heterocycles. The van der Waals surface area contributed by atoms with Crippen LogP contribution in [0.1, 0.15) is 36.3 Å². The van der Waals surface area contributed by atoms with Gasteiger partial charge in [0.25, 0.3) is 5.91 Å². The van der Waals surface area contributed by atoms with Gasteiger partial charge in [-0.05, 0) is 48.7 Å². The van der Waals surface area contributed by atoms with Crippen molar-refractivity contribution in [3.05, 3.63) is 52.8 Å². The van der Waals surface area contributed by atoms with Gasteiger partial charge in [-0.1, -0.05) is 31.5 Å². The SMILES string of the molecule is CC(C)CCNCc1ccc(Oc2ccc(C(N)=O)nc2)c(Cl)c1. The number of nitrogens with one attached hydrogen (secondary N) is 1. The van der Waals surface area contributed by atoms with Crippen molar-refractivity contribution in [3.63, 3.8) is 0 Å². The van der Waals surface area contributed by atoms with Crippen molar-refractivity contribution in [1.82, 2.24) is 10.3 Å². The summed E-state index contributed by atoms with van der Waals surface area (Å²) in [6.07, 6.45) is 2.58. The van der Waals surface area contributed by atoms with Crippen molar-refractivity contribution < 1.29 is 9.53 Å². The third-order valence-electron chi connectivity index (χ3n) is 3.44. The molecule has 0 unspecified atom stereocenters. The number of nitrogens with two attached hydrogens (primary N) is 1.